The Labute approximate surface area is 132 Å². The summed E-state index contributed by atoms with van der Waals surface area (Å²) in [5, 5.41) is 3.08. The molecule has 1 saturated heterocycles. The largest absolute Gasteiger partial charge is 0.352 e. The molecule has 0 aliphatic carbocycles. The lowest BCUT2D eigenvalue weighted by Gasteiger charge is -2.33. The second-order valence-electron chi connectivity index (χ2n) is 6.46. The van der Waals surface area contributed by atoms with E-state index >= 15 is 0 Å². The molecule has 22 heavy (non-hydrogen) atoms. The molecule has 1 aliphatic rings. The molecule has 4 heteroatoms. The van der Waals surface area contributed by atoms with Crippen LogP contribution in [0.15, 0.2) is 30.3 Å². The van der Waals surface area contributed by atoms with Crippen LogP contribution in [0.3, 0.4) is 0 Å². The molecule has 2 amide bonds. The van der Waals surface area contributed by atoms with E-state index in [0.717, 1.165) is 25.8 Å². The van der Waals surface area contributed by atoms with Crippen LogP contribution in [0.5, 0.6) is 0 Å². The number of amides is 2. The van der Waals surface area contributed by atoms with Crippen molar-refractivity contribution in [3.8, 4) is 0 Å². The van der Waals surface area contributed by atoms with Crippen molar-refractivity contribution in [3.05, 3.63) is 35.9 Å². The Balaban J connectivity index is 1.86. The topological polar surface area (TPSA) is 49.4 Å². The Morgan fingerprint density at radius 1 is 1.27 bits per heavy atom. The summed E-state index contributed by atoms with van der Waals surface area (Å²) < 4.78 is 0. The zero-order valence-corrected chi connectivity index (χ0v) is 13.5. The second-order valence-corrected chi connectivity index (χ2v) is 6.46. The highest BCUT2D eigenvalue weighted by molar-refractivity contribution is 5.94. The lowest BCUT2D eigenvalue weighted by Crippen LogP contribution is -2.49. The molecule has 120 valence electrons. The molecular formula is C18H26N2O2. The van der Waals surface area contributed by atoms with Gasteiger partial charge >= 0.3 is 0 Å². The molecule has 0 bridgehead atoms. The van der Waals surface area contributed by atoms with E-state index in [4.69, 9.17) is 0 Å². The van der Waals surface area contributed by atoms with Crippen molar-refractivity contribution in [1.82, 2.24) is 10.2 Å². The van der Waals surface area contributed by atoms with E-state index in [-0.39, 0.29) is 17.9 Å². The van der Waals surface area contributed by atoms with Crippen molar-refractivity contribution >= 4 is 11.8 Å². The van der Waals surface area contributed by atoms with Crippen LogP contribution in [0.4, 0.5) is 0 Å². The Hall–Kier alpha value is -1.84. The number of nitrogens with zero attached hydrogens (tertiary/aromatic N) is 1. The minimum Gasteiger partial charge on any atom is -0.352 e. The highest BCUT2D eigenvalue weighted by Crippen LogP contribution is 2.14. The average Bonchev–Trinajstić information content (AvgIpc) is 2.53. The molecule has 1 heterocycles. The summed E-state index contributed by atoms with van der Waals surface area (Å²) in [6.07, 6.45) is 3.37. The van der Waals surface area contributed by atoms with E-state index < -0.39 is 0 Å². The fourth-order valence-electron chi connectivity index (χ4n) is 2.76. The predicted octanol–water partition coefficient (Wildman–Crippen LogP) is 2.84. The molecule has 4 nitrogen and oxygen atoms in total. The normalized spacial score (nSPS) is 18.3. The zero-order valence-electron chi connectivity index (χ0n) is 13.5. The summed E-state index contributed by atoms with van der Waals surface area (Å²) in [4.78, 5) is 26.3. The Kier molecular flexibility index (Phi) is 5.99. The first-order valence-electron chi connectivity index (χ1n) is 8.20. The first kappa shape index (κ1) is 16.5. The minimum absolute atomic E-state index is 0.0572. The van der Waals surface area contributed by atoms with Gasteiger partial charge in [-0.05, 0) is 37.3 Å². The standard InChI is InChI=1S/C18H26N2O2/c1-14(2)10-11-17(21)19-16-9-6-12-20(13-16)18(22)15-7-4-3-5-8-15/h3-5,7-8,14,16H,6,9-13H2,1-2H3,(H,19,21)/t16-/m0/s1. The summed E-state index contributed by atoms with van der Waals surface area (Å²) in [6, 6.07) is 9.43. The predicted molar refractivity (Wildman–Crippen MR) is 87.6 cm³/mol. The van der Waals surface area contributed by atoms with Gasteiger partial charge in [-0.1, -0.05) is 32.0 Å². The fourth-order valence-corrected chi connectivity index (χ4v) is 2.76. The van der Waals surface area contributed by atoms with Gasteiger partial charge in [0, 0.05) is 31.1 Å². The van der Waals surface area contributed by atoms with Gasteiger partial charge in [0.2, 0.25) is 5.91 Å². The first-order chi connectivity index (χ1) is 10.6. The molecule has 1 aromatic carbocycles. The van der Waals surface area contributed by atoms with Crippen molar-refractivity contribution < 1.29 is 9.59 Å². The van der Waals surface area contributed by atoms with E-state index in [1.807, 2.05) is 35.2 Å². The van der Waals surface area contributed by atoms with Crippen molar-refractivity contribution in [1.29, 1.82) is 0 Å². The number of carbonyl (C=O) groups is 2. The highest BCUT2D eigenvalue weighted by Gasteiger charge is 2.25. The number of nitrogens with one attached hydrogen (secondary N) is 1. The summed E-state index contributed by atoms with van der Waals surface area (Å²) in [5.74, 6) is 0.697. The van der Waals surface area contributed by atoms with Crippen LogP contribution in [-0.4, -0.2) is 35.8 Å². The van der Waals surface area contributed by atoms with E-state index in [1.54, 1.807) is 0 Å². The van der Waals surface area contributed by atoms with Gasteiger partial charge in [0.25, 0.3) is 5.91 Å². The maximum Gasteiger partial charge on any atom is 0.253 e. The van der Waals surface area contributed by atoms with Gasteiger partial charge in [-0.3, -0.25) is 9.59 Å². The van der Waals surface area contributed by atoms with Crippen molar-refractivity contribution in [2.24, 2.45) is 5.92 Å². The molecule has 0 aromatic heterocycles. The highest BCUT2D eigenvalue weighted by atomic mass is 16.2. The van der Waals surface area contributed by atoms with Gasteiger partial charge in [-0.25, -0.2) is 0 Å². The van der Waals surface area contributed by atoms with Crippen LogP contribution in [0.1, 0.15) is 49.9 Å². The molecule has 2 rings (SSSR count). The number of hydrogen-bond acceptors (Lipinski definition) is 2. The number of benzene rings is 1. The number of rotatable bonds is 5. The van der Waals surface area contributed by atoms with Crippen LogP contribution >= 0.6 is 0 Å². The summed E-state index contributed by atoms with van der Waals surface area (Å²) in [6.45, 7) is 5.62. The summed E-state index contributed by atoms with van der Waals surface area (Å²) >= 11 is 0. The molecular weight excluding hydrogens is 276 g/mol. The van der Waals surface area contributed by atoms with Gasteiger partial charge in [0.1, 0.15) is 0 Å². The maximum absolute atomic E-state index is 12.5. The first-order valence-corrected chi connectivity index (χ1v) is 8.20. The zero-order chi connectivity index (χ0) is 15.9. The maximum atomic E-state index is 12.5. The van der Waals surface area contributed by atoms with Gasteiger partial charge in [-0.15, -0.1) is 0 Å². The van der Waals surface area contributed by atoms with Gasteiger partial charge in [0.05, 0.1) is 0 Å². The molecule has 1 atom stereocenters. The smallest absolute Gasteiger partial charge is 0.253 e. The Morgan fingerprint density at radius 3 is 2.68 bits per heavy atom. The third-order valence-electron chi connectivity index (χ3n) is 4.04. The molecule has 0 radical (unpaired) electrons. The quantitative estimate of drug-likeness (QED) is 0.909. The van der Waals surface area contributed by atoms with E-state index in [2.05, 4.69) is 19.2 Å². The molecule has 0 spiro atoms. The third-order valence-corrected chi connectivity index (χ3v) is 4.04. The molecule has 1 aliphatic heterocycles. The third kappa shape index (κ3) is 4.86. The van der Waals surface area contributed by atoms with Crippen LogP contribution in [0.2, 0.25) is 0 Å². The Morgan fingerprint density at radius 2 is 2.00 bits per heavy atom. The number of hydrogen-bond donors (Lipinski definition) is 1. The minimum atomic E-state index is 0.0572. The van der Waals surface area contributed by atoms with Crippen LogP contribution in [-0.2, 0) is 4.79 Å². The van der Waals surface area contributed by atoms with Crippen LogP contribution in [0, 0.1) is 5.92 Å². The monoisotopic (exact) mass is 302 g/mol. The van der Waals surface area contributed by atoms with Crippen molar-refractivity contribution in [2.75, 3.05) is 13.1 Å². The molecule has 1 aromatic rings. The van der Waals surface area contributed by atoms with Gasteiger partial charge < -0.3 is 10.2 Å². The fraction of sp³-hybridized carbons (Fsp3) is 0.556. The number of carbonyl (C=O) groups excluding carboxylic acids is 2. The van der Waals surface area contributed by atoms with E-state index in [9.17, 15) is 9.59 Å². The molecule has 1 fully saturated rings. The van der Waals surface area contributed by atoms with Crippen LogP contribution < -0.4 is 5.32 Å². The van der Waals surface area contributed by atoms with E-state index in [1.165, 1.54) is 0 Å². The lowest BCUT2D eigenvalue weighted by molar-refractivity contribution is -0.122. The molecule has 1 N–H and O–H groups in total. The van der Waals surface area contributed by atoms with E-state index in [0.29, 0.717) is 24.4 Å². The summed E-state index contributed by atoms with van der Waals surface area (Å²) in [5.41, 5.74) is 0.717. The van der Waals surface area contributed by atoms with Crippen molar-refractivity contribution in [2.45, 2.75) is 45.6 Å². The van der Waals surface area contributed by atoms with Gasteiger partial charge in [0.15, 0.2) is 0 Å². The number of piperidine rings is 1. The van der Waals surface area contributed by atoms with Crippen molar-refractivity contribution in [3.63, 3.8) is 0 Å². The second kappa shape index (κ2) is 7.97. The van der Waals surface area contributed by atoms with Gasteiger partial charge in [-0.2, -0.15) is 0 Å². The lowest BCUT2D eigenvalue weighted by atomic mass is 10.0. The van der Waals surface area contributed by atoms with Crippen LogP contribution in [0.25, 0.3) is 0 Å². The Bertz CT molecular complexity index is 499. The number of likely N-dealkylation sites (tertiary alicyclic amines) is 1. The summed E-state index contributed by atoms with van der Waals surface area (Å²) in [7, 11) is 0. The SMILES string of the molecule is CC(C)CCC(=O)N[C@H]1CCCN(C(=O)c2ccccc2)C1. The molecule has 0 unspecified atom stereocenters. The molecule has 0 saturated carbocycles. The average molecular weight is 302 g/mol.